The number of benzene rings is 3. The maximum Gasteiger partial charge on any atom is 0.245 e. The molecule has 0 radical (unpaired) electrons. The number of carbonyl (C=O) groups excluding carboxylic acids is 2. The van der Waals surface area contributed by atoms with Crippen molar-refractivity contribution in [1.29, 1.82) is 5.41 Å². The fourth-order valence-corrected chi connectivity index (χ4v) is 7.05. The van der Waals surface area contributed by atoms with Crippen LogP contribution in [0, 0.1) is 17.3 Å². The summed E-state index contributed by atoms with van der Waals surface area (Å²) >= 11 is 0. The molecule has 3 N–H and O–H groups in total. The van der Waals surface area contributed by atoms with E-state index in [-0.39, 0.29) is 24.0 Å². The Balaban J connectivity index is 1.25. The third-order valence-corrected chi connectivity index (χ3v) is 9.73. The highest BCUT2D eigenvalue weighted by Gasteiger charge is 2.26. The van der Waals surface area contributed by atoms with Crippen LogP contribution in [0.3, 0.4) is 0 Å². The van der Waals surface area contributed by atoms with Gasteiger partial charge >= 0.3 is 0 Å². The van der Waals surface area contributed by atoms with Crippen molar-refractivity contribution in [3.8, 4) is 34.2 Å². The Hall–Kier alpha value is -5.59. The molecule has 52 heavy (non-hydrogen) atoms. The predicted octanol–water partition coefficient (Wildman–Crippen LogP) is 7.21. The zero-order valence-corrected chi connectivity index (χ0v) is 29.6. The molecule has 0 bridgehead atoms. The molecule has 2 heterocycles. The molecule has 2 amide bonds. The second kappa shape index (κ2) is 17.6. The number of unbranched alkanes of at least 4 members (excludes halogenated alkanes) is 2. The first-order valence-electron chi connectivity index (χ1n) is 18.2. The quantitative estimate of drug-likeness (QED) is 0.0684. The molecule has 1 aliphatic carbocycles. The summed E-state index contributed by atoms with van der Waals surface area (Å²) in [5.41, 5.74) is 7.30. The van der Waals surface area contributed by atoms with Crippen LogP contribution in [0.25, 0.3) is 33.4 Å². The van der Waals surface area contributed by atoms with E-state index >= 15 is 0 Å². The Bertz CT molecular complexity index is 2130. The number of aliphatic hydroxyl groups excluding tert-OH is 1. The summed E-state index contributed by atoms with van der Waals surface area (Å²) in [4.78, 5) is 31.7. The number of aromatic nitrogens is 3. The highest BCUT2D eigenvalue weighted by atomic mass is 16.3. The normalized spacial score (nSPS) is 15.5. The second-order valence-corrected chi connectivity index (χ2v) is 13.4. The number of rotatable bonds is 13. The maximum atomic E-state index is 12.1. The van der Waals surface area contributed by atoms with E-state index in [2.05, 4.69) is 69.8 Å². The number of aliphatic imine (C=N–C) groups is 1. The highest BCUT2D eigenvalue weighted by molar-refractivity contribution is 6.02. The van der Waals surface area contributed by atoms with Gasteiger partial charge in [0, 0.05) is 49.5 Å². The number of fused-ring (bicyclic) bond motifs is 1. The lowest BCUT2D eigenvalue weighted by Crippen LogP contribution is -2.29. The monoisotopic (exact) mass is 694 g/mol. The van der Waals surface area contributed by atoms with E-state index < -0.39 is 0 Å². The van der Waals surface area contributed by atoms with Crippen LogP contribution in [0.5, 0.6) is 0 Å². The molecule has 0 unspecified atom stereocenters. The Morgan fingerprint density at radius 1 is 0.923 bits per heavy atom. The summed E-state index contributed by atoms with van der Waals surface area (Å²) in [6.45, 7) is 4.22. The molecule has 1 fully saturated rings. The number of hydrogen-bond donors (Lipinski definition) is 3. The van der Waals surface area contributed by atoms with Gasteiger partial charge in [0.2, 0.25) is 11.8 Å². The van der Waals surface area contributed by atoms with Crippen LogP contribution in [0.4, 0.5) is 0 Å². The molecule has 6 rings (SSSR count). The molecule has 0 saturated heterocycles. The third-order valence-electron chi connectivity index (χ3n) is 9.73. The molecule has 1 saturated carbocycles. The van der Waals surface area contributed by atoms with E-state index in [1.165, 1.54) is 0 Å². The summed E-state index contributed by atoms with van der Waals surface area (Å²) in [6, 6.07) is 29.0. The van der Waals surface area contributed by atoms with E-state index in [1.54, 1.807) is 0 Å². The van der Waals surface area contributed by atoms with Crippen molar-refractivity contribution in [1.82, 2.24) is 19.4 Å². The van der Waals surface area contributed by atoms with Gasteiger partial charge in [-0.05, 0) is 80.5 Å². The average molecular weight is 695 g/mol. The summed E-state index contributed by atoms with van der Waals surface area (Å²) in [5.74, 6) is 6.33. The van der Waals surface area contributed by atoms with Crippen LogP contribution in [0.15, 0.2) is 96.2 Å². The van der Waals surface area contributed by atoms with Gasteiger partial charge in [0.25, 0.3) is 0 Å². The lowest BCUT2D eigenvalue weighted by molar-refractivity contribution is -0.122. The van der Waals surface area contributed by atoms with Crippen molar-refractivity contribution in [2.24, 2.45) is 4.99 Å². The summed E-state index contributed by atoms with van der Waals surface area (Å²) in [7, 11) is 0. The zero-order chi connectivity index (χ0) is 36.3. The first-order valence-corrected chi connectivity index (χ1v) is 18.2. The van der Waals surface area contributed by atoms with E-state index in [0.29, 0.717) is 44.3 Å². The molecule has 266 valence electrons. The lowest BCUT2D eigenvalue weighted by atomic mass is 9.93. The van der Waals surface area contributed by atoms with Gasteiger partial charge in [-0.15, -0.1) is 0 Å². The molecule has 9 heteroatoms. The van der Waals surface area contributed by atoms with Crippen molar-refractivity contribution in [3.05, 3.63) is 108 Å². The first kappa shape index (κ1) is 36.2. The fraction of sp³-hybridized carbons (Fsp3) is 0.326. The standard InChI is InChI=1S/C43H46N6O3/c1-45-37(51)22-13-27-46-38(52)21-11-3-2-6-14-31-15-12-16-32(28-31)29-48-41(34-19-9-5-10-20-34)39(33-17-7-4-8-18-33)40-42(44)49(30-47-43(40)48)35-23-25-36(50)26-24-35/h4-5,7-10,12,15-20,28,30,35-36,44,50H,1-3,11,13,21-27,29H2,(H,46,52). The van der Waals surface area contributed by atoms with Crippen LogP contribution in [0.2, 0.25) is 0 Å². The number of carbonyl (C=O) groups is 2. The van der Waals surface area contributed by atoms with Crippen molar-refractivity contribution in [2.75, 3.05) is 6.54 Å². The minimum atomic E-state index is -0.274. The van der Waals surface area contributed by atoms with Crippen LogP contribution >= 0.6 is 0 Å². The van der Waals surface area contributed by atoms with E-state index in [1.807, 2.05) is 59.4 Å². The van der Waals surface area contributed by atoms with Gasteiger partial charge in [-0.1, -0.05) is 84.6 Å². The van der Waals surface area contributed by atoms with E-state index in [9.17, 15) is 20.1 Å². The fourth-order valence-electron chi connectivity index (χ4n) is 7.05. The number of hydrogen-bond acceptors (Lipinski definition) is 5. The topological polar surface area (TPSA) is 125 Å². The van der Waals surface area contributed by atoms with Crippen LogP contribution in [-0.4, -0.2) is 50.4 Å². The molecule has 1 aliphatic rings. The first-order chi connectivity index (χ1) is 25.4. The van der Waals surface area contributed by atoms with E-state index in [4.69, 9.17) is 4.98 Å². The maximum absolute atomic E-state index is 12.1. The summed E-state index contributed by atoms with van der Waals surface area (Å²) in [5, 5.41) is 23.4. The van der Waals surface area contributed by atoms with Crippen molar-refractivity contribution in [3.63, 3.8) is 0 Å². The minimum absolute atomic E-state index is 0.0156. The average Bonchev–Trinajstić information content (AvgIpc) is 3.50. The van der Waals surface area contributed by atoms with Crippen molar-refractivity contribution < 1.29 is 14.7 Å². The Morgan fingerprint density at radius 2 is 1.65 bits per heavy atom. The SMILES string of the molecule is C=NC(=O)CCCNC(=O)CCCCC#Cc1cccc(Cn2c(-c3ccccc3)c(-c3ccccc3)c3c(=N)n(C4CCC(O)CC4)cnc32)c1. The van der Waals surface area contributed by atoms with Crippen molar-refractivity contribution in [2.45, 2.75) is 82.9 Å². The Kier molecular flexibility index (Phi) is 12.2. The van der Waals surface area contributed by atoms with Gasteiger partial charge in [0.05, 0.1) is 23.5 Å². The van der Waals surface area contributed by atoms with Crippen LogP contribution in [-0.2, 0) is 16.1 Å². The molecule has 0 aliphatic heterocycles. The van der Waals surface area contributed by atoms with Gasteiger partial charge in [-0.3, -0.25) is 15.0 Å². The molecule has 2 aromatic heterocycles. The number of aliphatic hydroxyl groups is 1. The molecule has 5 aromatic rings. The number of nitrogens with one attached hydrogen (secondary N) is 2. The zero-order valence-electron chi connectivity index (χ0n) is 29.6. The highest BCUT2D eigenvalue weighted by Crippen LogP contribution is 2.40. The van der Waals surface area contributed by atoms with Gasteiger partial charge in [0.1, 0.15) is 11.1 Å². The largest absolute Gasteiger partial charge is 0.393 e. The molecular formula is C43H46N6O3. The number of nitrogens with zero attached hydrogens (tertiary/aromatic N) is 4. The predicted molar refractivity (Wildman–Crippen MR) is 206 cm³/mol. The molecule has 0 spiro atoms. The second-order valence-electron chi connectivity index (χ2n) is 13.4. The van der Waals surface area contributed by atoms with Gasteiger partial charge < -0.3 is 19.6 Å². The molecule has 3 aromatic carbocycles. The third kappa shape index (κ3) is 8.82. The molecule has 9 nitrogen and oxygen atoms in total. The Morgan fingerprint density at radius 3 is 2.38 bits per heavy atom. The minimum Gasteiger partial charge on any atom is -0.393 e. The van der Waals surface area contributed by atoms with Gasteiger partial charge in [-0.2, -0.15) is 0 Å². The summed E-state index contributed by atoms with van der Waals surface area (Å²) < 4.78 is 4.25. The Labute approximate surface area is 305 Å². The van der Waals surface area contributed by atoms with Gasteiger partial charge in [0.15, 0.2) is 0 Å². The summed E-state index contributed by atoms with van der Waals surface area (Å²) in [6.07, 6.45) is 8.18. The van der Waals surface area contributed by atoms with Crippen molar-refractivity contribution >= 4 is 29.6 Å². The van der Waals surface area contributed by atoms with Crippen LogP contribution < -0.4 is 10.8 Å². The lowest BCUT2D eigenvalue weighted by Gasteiger charge is -2.27. The number of amides is 2. The van der Waals surface area contributed by atoms with E-state index in [0.717, 1.165) is 83.1 Å². The smallest absolute Gasteiger partial charge is 0.245 e. The molecule has 0 atom stereocenters. The van der Waals surface area contributed by atoms with Crippen LogP contribution in [0.1, 0.15) is 81.4 Å². The van der Waals surface area contributed by atoms with Gasteiger partial charge in [-0.25, -0.2) is 9.98 Å². The molecular weight excluding hydrogens is 649 g/mol.